The summed E-state index contributed by atoms with van der Waals surface area (Å²) < 4.78 is 13.2. The molecule has 2 heterocycles. The number of benzene rings is 2. The molecule has 160 valence electrons. The lowest BCUT2D eigenvalue weighted by Gasteiger charge is -2.34. The summed E-state index contributed by atoms with van der Waals surface area (Å²) in [5.74, 6) is -0.0150. The average Bonchev–Trinajstić information content (AvgIpc) is 2.78. The second-order valence-corrected chi connectivity index (χ2v) is 8.43. The van der Waals surface area contributed by atoms with Crippen molar-refractivity contribution in [1.82, 2.24) is 15.1 Å². The summed E-state index contributed by atoms with van der Waals surface area (Å²) in [5.41, 5.74) is 3.77. The number of hydrogen-bond acceptors (Lipinski definition) is 3. The molecular formula is C24H30FN3O2. The number of nitrogens with zero attached hydrogens (tertiary/aromatic N) is 2. The standard InChI is InChI=1S/C24H30FN3O2/c25-22-9-7-19(8-10-22)21-6-3-12-28(16-21)24(30)26-14-23(29)17-27-13-11-18-4-1-2-5-20(18)15-27/h1-2,4-5,7-10,21,23,29H,3,6,11-17H2,(H,26,30)/t21?,23-/m0/s1. The number of nitrogens with one attached hydrogen (secondary N) is 1. The van der Waals surface area contributed by atoms with Crippen molar-refractivity contribution in [2.24, 2.45) is 0 Å². The lowest BCUT2D eigenvalue weighted by molar-refractivity contribution is 0.102. The van der Waals surface area contributed by atoms with Gasteiger partial charge in [-0.05, 0) is 48.1 Å². The van der Waals surface area contributed by atoms with E-state index in [1.54, 1.807) is 4.90 Å². The van der Waals surface area contributed by atoms with E-state index in [2.05, 4.69) is 34.5 Å². The Kier molecular flexibility index (Phi) is 6.65. The van der Waals surface area contributed by atoms with E-state index in [0.29, 0.717) is 19.6 Å². The van der Waals surface area contributed by atoms with Gasteiger partial charge < -0.3 is 15.3 Å². The maximum absolute atomic E-state index is 13.2. The molecule has 0 bridgehead atoms. The minimum absolute atomic E-state index is 0.134. The van der Waals surface area contributed by atoms with Crippen LogP contribution in [0.1, 0.15) is 35.4 Å². The summed E-state index contributed by atoms with van der Waals surface area (Å²) in [6, 6.07) is 14.9. The highest BCUT2D eigenvalue weighted by molar-refractivity contribution is 5.74. The van der Waals surface area contributed by atoms with Crippen molar-refractivity contribution < 1.29 is 14.3 Å². The zero-order valence-electron chi connectivity index (χ0n) is 17.3. The number of hydrogen-bond donors (Lipinski definition) is 2. The third kappa shape index (κ3) is 5.18. The van der Waals surface area contributed by atoms with Gasteiger partial charge in [0.15, 0.2) is 0 Å². The van der Waals surface area contributed by atoms with Crippen LogP contribution in [-0.4, -0.2) is 59.8 Å². The molecule has 2 aliphatic heterocycles. The van der Waals surface area contributed by atoms with E-state index in [1.165, 1.54) is 23.3 Å². The number of carbonyl (C=O) groups excluding carboxylic acids is 1. The Balaban J connectivity index is 1.23. The summed E-state index contributed by atoms with van der Waals surface area (Å²) >= 11 is 0. The van der Waals surface area contributed by atoms with Gasteiger partial charge in [0.2, 0.25) is 0 Å². The second kappa shape index (κ2) is 9.58. The number of amides is 2. The van der Waals surface area contributed by atoms with Crippen LogP contribution in [0.2, 0.25) is 0 Å². The molecule has 0 aliphatic carbocycles. The molecule has 6 heteroatoms. The van der Waals surface area contributed by atoms with Crippen molar-refractivity contribution in [1.29, 1.82) is 0 Å². The largest absolute Gasteiger partial charge is 0.390 e. The van der Waals surface area contributed by atoms with E-state index in [9.17, 15) is 14.3 Å². The van der Waals surface area contributed by atoms with E-state index in [-0.39, 0.29) is 24.3 Å². The maximum atomic E-state index is 13.2. The van der Waals surface area contributed by atoms with Gasteiger partial charge in [0.25, 0.3) is 0 Å². The fraction of sp³-hybridized carbons (Fsp3) is 0.458. The minimum Gasteiger partial charge on any atom is -0.390 e. The first-order valence-electron chi connectivity index (χ1n) is 10.8. The number of halogens is 1. The molecule has 2 aromatic carbocycles. The predicted molar refractivity (Wildman–Crippen MR) is 115 cm³/mol. The molecule has 2 amide bonds. The molecule has 0 radical (unpaired) electrons. The Morgan fingerprint density at radius 3 is 2.70 bits per heavy atom. The molecule has 4 rings (SSSR count). The normalized spacial score (nSPS) is 20.5. The molecule has 0 aromatic heterocycles. The van der Waals surface area contributed by atoms with E-state index in [0.717, 1.165) is 37.9 Å². The molecule has 1 fully saturated rings. The lowest BCUT2D eigenvalue weighted by atomic mass is 9.91. The van der Waals surface area contributed by atoms with Gasteiger partial charge in [0.1, 0.15) is 5.82 Å². The molecule has 2 atom stereocenters. The number of urea groups is 1. The SMILES string of the molecule is O=C(NC[C@H](O)CN1CCc2ccccc2C1)N1CCCC(c2ccc(F)cc2)C1. The fourth-order valence-electron chi connectivity index (χ4n) is 4.56. The Hall–Kier alpha value is -2.44. The maximum Gasteiger partial charge on any atom is 0.317 e. The Bertz CT molecular complexity index is 858. The van der Waals surface area contributed by atoms with Gasteiger partial charge in [-0.1, -0.05) is 36.4 Å². The van der Waals surface area contributed by atoms with Crippen LogP contribution >= 0.6 is 0 Å². The van der Waals surface area contributed by atoms with Gasteiger partial charge in [-0.25, -0.2) is 9.18 Å². The third-order valence-electron chi connectivity index (χ3n) is 6.22. The fourth-order valence-corrected chi connectivity index (χ4v) is 4.56. The van der Waals surface area contributed by atoms with E-state index in [4.69, 9.17) is 0 Å². The molecule has 5 nitrogen and oxygen atoms in total. The molecule has 2 aliphatic rings. The number of likely N-dealkylation sites (tertiary alicyclic amines) is 1. The van der Waals surface area contributed by atoms with Gasteiger partial charge in [0, 0.05) is 45.2 Å². The summed E-state index contributed by atoms with van der Waals surface area (Å²) in [7, 11) is 0. The van der Waals surface area contributed by atoms with Gasteiger partial charge in [-0.2, -0.15) is 0 Å². The van der Waals surface area contributed by atoms with Crippen molar-refractivity contribution in [3.8, 4) is 0 Å². The van der Waals surface area contributed by atoms with Crippen LogP contribution < -0.4 is 5.32 Å². The number of fused-ring (bicyclic) bond motifs is 1. The van der Waals surface area contributed by atoms with Crippen molar-refractivity contribution in [3.05, 3.63) is 71.0 Å². The minimum atomic E-state index is -0.600. The van der Waals surface area contributed by atoms with Gasteiger partial charge in [0.05, 0.1) is 6.10 Å². The van der Waals surface area contributed by atoms with Crippen LogP contribution in [0.5, 0.6) is 0 Å². The number of rotatable bonds is 5. The molecule has 2 aromatic rings. The summed E-state index contributed by atoms with van der Waals surface area (Å²) in [6.07, 6.45) is 2.31. The quantitative estimate of drug-likeness (QED) is 0.795. The van der Waals surface area contributed by atoms with Crippen LogP contribution in [0.15, 0.2) is 48.5 Å². The molecule has 0 spiro atoms. The molecule has 1 saturated heterocycles. The first kappa shape index (κ1) is 20.8. The highest BCUT2D eigenvalue weighted by Crippen LogP contribution is 2.27. The van der Waals surface area contributed by atoms with Crippen molar-refractivity contribution >= 4 is 6.03 Å². The average molecular weight is 412 g/mol. The van der Waals surface area contributed by atoms with E-state index < -0.39 is 6.10 Å². The summed E-state index contributed by atoms with van der Waals surface area (Å²) in [6.45, 7) is 3.89. The van der Waals surface area contributed by atoms with Crippen molar-refractivity contribution in [3.63, 3.8) is 0 Å². The molecule has 2 N–H and O–H groups in total. The first-order chi connectivity index (χ1) is 14.6. The van der Waals surface area contributed by atoms with Crippen molar-refractivity contribution in [2.75, 3.05) is 32.7 Å². The molecule has 1 unspecified atom stereocenters. The number of piperidine rings is 1. The molecule has 0 saturated carbocycles. The van der Waals surface area contributed by atoms with Gasteiger partial charge in [-0.3, -0.25) is 4.90 Å². The van der Waals surface area contributed by atoms with Gasteiger partial charge in [-0.15, -0.1) is 0 Å². The lowest BCUT2D eigenvalue weighted by Crippen LogP contribution is -2.48. The highest BCUT2D eigenvalue weighted by atomic mass is 19.1. The van der Waals surface area contributed by atoms with Crippen LogP contribution in [0, 0.1) is 5.82 Å². The second-order valence-electron chi connectivity index (χ2n) is 8.43. The number of carbonyl (C=O) groups is 1. The van der Waals surface area contributed by atoms with E-state index >= 15 is 0 Å². The smallest absolute Gasteiger partial charge is 0.317 e. The van der Waals surface area contributed by atoms with Gasteiger partial charge >= 0.3 is 6.03 Å². The molecule has 30 heavy (non-hydrogen) atoms. The highest BCUT2D eigenvalue weighted by Gasteiger charge is 2.25. The number of β-amino-alcohol motifs (C(OH)–C–C–N with tert-alkyl or cyclic N) is 1. The van der Waals surface area contributed by atoms with E-state index in [1.807, 2.05) is 12.1 Å². The number of aliphatic hydroxyl groups excluding tert-OH is 1. The first-order valence-corrected chi connectivity index (χ1v) is 10.8. The van der Waals surface area contributed by atoms with Crippen LogP contribution in [0.4, 0.5) is 9.18 Å². The number of aliphatic hydroxyl groups is 1. The summed E-state index contributed by atoms with van der Waals surface area (Å²) in [4.78, 5) is 16.7. The zero-order chi connectivity index (χ0) is 20.9. The summed E-state index contributed by atoms with van der Waals surface area (Å²) in [5, 5.41) is 13.3. The monoisotopic (exact) mass is 411 g/mol. The Labute approximate surface area is 177 Å². The third-order valence-corrected chi connectivity index (χ3v) is 6.22. The Morgan fingerprint density at radius 2 is 1.90 bits per heavy atom. The van der Waals surface area contributed by atoms with Crippen LogP contribution in [0.25, 0.3) is 0 Å². The van der Waals surface area contributed by atoms with Crippen LogP contribution in [0.3, 0.4) is 0 Å². The Morgan fingerprint density at radius 1 is 1.13 bits per heavy atom. The predicted octanol–water partition coefficient (Wildman–Crippen LogP) is 3.13. The van der Waals surface area contributed by atoms with Crippen LogP contribution in [-0.2, 0) is 13.0 Å². The van der Waals surface area contributed by atoms with Crippen molar-refractivity contribution in [2.45, 2.75) is 37.8 Å². The zero-order valence-corrected chi connectivity index (χ0v) is 17.3. The molecular weight excluding hydrogens is 381 g/mol. The topological polar surface area (TPSA) is 55.8 Å².